The molecule has 0 spiro atoms. The average Bonchev–Trinajstić information content (AvgIpc) is 3.25. The number of aromatic hydroxyl groups is 1. The Balaban J connectivity index is 1.55. The molecule has 9 nitrogen and oxygen atoms in total. The van der Waals surface area contributed by atoms with Gasteiger partial charge in [-0.25, -0.2) is 9.29 Å². The highest BCUT2D eigenvalue weighted by atomic mass is 35.5. The SMILES string of the molecule is COc1cc(C2C3=CCC4C(=O)N(O)C(=O)C4C3CC3C(=O)N(c4ccc(F)c(Cl)c4)C(=O)C32C)ccc1O. The van der Waals surface area contributed by atoms with Crippen molar-refractivity contribution in [1.29, 1.82) is 0 Å². The van der Waals surface area contributed by atoms with E-state index in [4.69, 9.17) is 16.3 Å². The number of anilines is 1. The number of hydrogen-bond acceptors (Lipinski definition) is 7. The Morgan fingerprint density at radius 3 is 2.49 bits per heavy atom. The maximum atomic E-state index is 14.2. The Morgan fingerprint density at radius 2 is 1.79 bits per heavy atom. The molecule has 202 valence electrons. The molecule has 0 radical (unpaired) electrons. The number of methoxy groups -OCH3 is 1. The number of carbonyl (C=O) groups excluding carboxylic acids is 4. The molecule has 4 aliphatic rings. The highest BCUT2D eigenvalue weighted by molar-refractivity contribution is 6.31. The molecule has 6 atom stereocenters. The van der Waals surface area contributed by atoms with Crippen LogP contribution < -0.4 is 9.64 Å². The Labute approximate surface area is 227 Å². The van der Waals surface area contributed by atoms with E-state index in [1.54, 1.807) is 19.1 Å². The molecule has 3 fully saturated rings. The molecule has 2 aromatic rings. The molecule has 0 aromatic heterocycles. The predicted octanol–water partition coefficient (Wildman–Crippen LogP) is 3.81. The molecule has 6 rings (SSSR count). The average molecular weight is 555 g/mol. The highest BCUT2D eigenvalue weighted by Gasteiger charge is 2.67. The molecule has 2 N–H and O–H groups in total. The number of hydroxylamine groups is 2. The maximum absolute atomic E-state index is 14.2. The Kier molecular flexibility index (Phi) is 5.64. The lowest BCUT2D eigenvalue weighted by Gasteiger charge is -2.49. The molecule has 1 saturated carbocycles. The minimum absolute atomic E-state index is 0.0953. The van der Waals surface area contributed by atoms with Gasteiger partial charge in [-0.3, -0.25) is 24.4 Å². The van der Waals surface area contributed by atoms with Crippen molar-refractivity contribution in [2.45, 2.75) is 25.7 Å². The van der Waals surface area contributed by atoms with Gasteiger partial charge >= 0.3 is 0 Å². The summed E-state index contributed by atoms with van der Waals surface area (Å²) >= 11 is 5.98. The molecule has 6 unspecified atom stereocenters. The zero-order chi connectivity index (χ0) is 28.0. The number of benzene rings is 2. The Morgan fingerprint density at radius 1 is 1.05 bits per heavy atom. The fraction of sp³-hybridized carbons (Fsp3) is 0.357. The molecular formula is C28H24ClFN2O7. The van der Waals surface area contributed by atoms with E-state index < -0.39 is 64.5 Å². The second-order valence-corrected chi connectivity index (χ2v) is 11.1. The first kappa shape index (κ1) is 25.5. The summed E-state index contributed by atoms with van der Waals surface area (Å²) in [7, 11) is 1.39. The number of phenols is 1. The van der Waals surface area contributed by atoms with Crippen LogP contribution in [0.4, 0.5) is 10.1 Å². The summed E-state index contributed by atoms with van der Waals surface area (Å²) in [5, 5.41) is 20.3. The van der Waals surface area contributed by atoms with Crippen molar-refractivity contribution < 1.29 is 38.6 Å². The van der Waals surface area contributed by atoms with Gasteiger partial charge in [-0.2, -0.15) is 5.06 Å². The van der Waals surface area contributed by atoms with Crippen LogP contribution in [-0.4, -0.2) is 46.1 Å². The van der Waals surface area contributed by atoms with E-state index in [1.165, 1.54) is 25.3 Å². The number of phenolic OH excluding ortho intramolecular Hbond substituents is 1. The molecule has 0 bridgehead atoms. The second-order valence-electron chi connectivity index (χ2n) is 10.7. The lowest BCUT2D eigenvalue weighted by Crippen LogP contribution is -2.48. The van der Waals surface area contributed by atoms with Gasteiger partial charge in [0.1, 0.15) is 5.82 Å². The molecule has 2 aliphatic heterocycles. The first-order valence-electron chi connectivity index (χ1n) is 12.5. The summed E-state index contributed by atoms with van der Waals surface area (Å²) in [6.45, 7) is 1.69. The van der Waals surface area contributed by atoms with Gasteiger partial charge < -0.3 is 9.84 Å². The van der Waals surface area contributed by atoms with Gasteiger partial charge in [0, 0.05) is 5.92 Å². The normalized spacial score (nSPS) is 31.7. The van der Waals surface area contributed by atoms with E-state index in [1.807, 2.05) is 6.08 Å². The number of hydrogen-bond donors (Lipinski definition) is 2. The molecular weight excluding hydrogens is 531 g/mol. The highest BCUT2D eigenvalue weighted by Crippen LogP contribution is 2.63. The minimum Gasteiger partial charge on any atom is -0.504 e. The second kappa shape index (κ2) is 8.62. The Bertz CT molecular complexity index is 1510. The molecule has 2 aromatic carbocycles. The molecule has 11 heteroatoms. The summed E-state index contributed by atoms with van der Waals surface area (Å²) < 4.78 is 19.2. The summed E-state index contributed by atoms with van der Waals surface area (Å²) in [6.07, 6.45) is 2.11. The largest absolute Gasteiger partial charge is 0.504 e. The summed E-state index contributed by atoms with van der Waals surface area (Å²) in [5.74, 6) is -7.01. The number of halogens is 2. The van der Waals surface area contributed by atoms with Gasteiger partial charge in [-0.15, -0.1) is 0 Å². The van der Waals surface area contributed by atoms with Gasteiger partial charge in [-0.05, 0) is 61.6 Å². The van der Waals surface area contributed by atoms with Crippen LogP contribution in [0.5, 0.6) is 11.5 Å². The van der Waals surface area contributed by atoms with E-state index >= 15 is 0 Å². The van der Waals surface area contributed by atoms with Crippen molar-refractivity contribution >= 4 is 40.9 Å². The lowest BCUT2D eigenvalue weighted by atomic mass is 9.51. The minimum atomic E-state index is -1.33. The fourth-order valence-electron chi connectivity index (χ4n) is 7.12. The quantitative estimate of drug-likeness (QED) is 0.336. The molecule has 39 heavy (non-hydrogen) atoms. The number of rotatable bonds is 3. The molecule has 2 heterocycles. The van der Waals surface area contributed by atoms with Crippen molar-refractivity contribution in [2.24, 2.45) is 29.1 Å². The standard InChI is InChI=1S/C28H24ClFN2O7/c1-28-17(25(35)31(27(28)37)13-4-7-19(30)18(29)10-13)11-16-14(5-6-15-22(16)26(36)32(38)24(15)34)23(28)12-3-8-20(33)21(9-12)39-2/h3-5,7-10,15-17,22-23,33,38H,6,11H2,1-2H3. The van der Waals surface area contributed by atoms with E-state index in [9.17, 15) is 33.9 Å². The van der Waals surface area contributed by atoms with Crippen LogP contribution in [0.3, 0.4) is 0 Å². The van der Waals surface area contributed by atoms with E-state index in [0.29, 0.717) is 11.1 Å². The zero-order valence-corrected chi connectivity index (χ0v) is 21.7. The van der Waals surface area contributed by atoms with Crippen molar-refractivity contribution in [2.75, 3.05) is 12.0 Å². The van der Waals surface area contributed by atoms with Gasteiger partial charge in [-0.1, -0.05) is 29.3 Å². The van der Waals surface area contributed by atoms with Crippen LogP contribution in [0.15, 0.2) is 48.0 Å². The molecule has 2 aliphatic carbocycles. The number of fused-ring (bicyclic) bond motifs is 4. The van der Waals surface area contributed by atoms with Crippen LogP contribution >= 0.6 is 11.6 Å². The topological polar surface area (TPSA) is 124 Å². The van der Waals surface area contributed by atoms with Gasteiger partial charge in [0.05, 0.1) is 41.0 Å². The van der Waals surface area contributed by atoms with E-state index in [0.717, 1.165) is 11.0 Å². The third-order valence-corrected chi connectivity index (χ3v) is 9.24. The van der Waals surface area contributed by atoms with Gasteiger partial charge in [0.25, 0.3) is 11.8 Å². The fourth-order valence-corrected chi connectivity index (χ4v) is 7.30. The monoisotopic (exact) mass is 554 g/mol. The van der Waals surface area contributed by atoms with Crippen LogP contribution in [-0.2, 0) is 19.2 Å². The number of ether oxygens (including phenoxy) is 1. The third kappa shape index (κ3) is 3.34. The van der Waals surface area contributed by atoms with Crippen molar-refractivity contribution in [3.63, 3.8) is 0 Å². The number of allylic oxidation sites excluding steroid dienone is 2. The number of imide groups is 2. The summed E-state index contributed by atoms with van der Waals surface area (Å²) in [5.41, 5.74) is 0.0702. The maximum Gasteiger partial charge on any atom is 0.257 e. The first-order valence-corrected chi connectivity index (χ1v) is 12.9. The Hall–Kier alpha value is -3.76. The number of carbonyl (C=O) groups is 4. The summed E-state index contributed by atoms with van der Waals surface area (Å²) in [4.78, 5) is 54.8. The van der Waals surface area contributed by atoms with Crippen LogP contribution in [0.25, 0.3) is 0 Å². The number of amides is 4. The predicted molar refractivity (Wildman–Crippen MR) is 134 cm³/mol. The molecule has 4 amide bonds. The van der Waals surface area contributed by atoms with Crippen molar-refractivity contribution in [1.82, 2.24) is 5.06 Å². The zero-order valence-electron chi connectivity index (χ0n) is 20.9. The van der Waals surface area contributed by atoms with Crippen LogP contribution in [0.2, 0.25) is 5.02 Å². The number of nitrogens with zero attached hydrogens (tertiary/aromatic N) is 2. The van der Waals surface area contributed by atoms with Crippen molar-refractivity contribution in [3.8, 4) is 11.5 Å². The van der Waals surface area contributed by atoms with Gasteiger partial charge in [0.15, 0.2) is 11.5 Å². The van der Waals surface area contributed by atoms with E-state index in [2.05, 4.69) is 0 Å². The van der Waals surface area contributed by atoms with Gasteiger partial charge in [0.2, 0.25) is 11.8 Å². The first-order chi connectivity index (χ1) is 18.5. The smallest absolute Gasteiger partial charge is 0.257 e. The molecule has 2 saturated heterocycles. The van der Waals surface area contributed by atoms with Crippen LogP contribution in [0, 0.1) is 34.9 Å². The van der Waals surface area contributed by atoms with E-state index in [-0.39, 0.29) is 40.1 Å². The van der Waals surface area contributed by atoms with Crippen LogP contribution in [0.1, 0.15) is 31.2 Å². The van der Waals surface area contributed by atoms with Crippen molar-refractivity contribution in [3.05, 3.63) is 64.5 Å². The lowest BCUT2D eigenvalue weighted by molar-refractivity contribution is -0.173. The third-order valence-electron chi connectivity index (χ3n) is 8.95. The summed E-state index contributed by atoms with van der Waals surface area (Å²) in [6, 6.07) is 8.26.